The molecule has 2 heterocycles. The van der Waals surface area contributed by atoms with Crippen molar-refractivity contribution in [2.75, 3.05) is 19.3 Å². The molecule has 1 fully saturated rings. The Balaban J connectivity index is 1.92. The number of fused-ring (bicyclic) bond motifs is 1. The molecule has 0 saturated carbocycles. The Kier molecular flexibility index (Phi) is 4.62. The van der Waals surface area contributed by atoms with Gasteiger partial charge in [0.2, 0.25) is 5.91 Å². The van der Waals surface area contributed by atoms with Crippen molar-refractivity contribution in [2.45, 2.75) is 32.1 Å². The van der Waals surface area contributed by atoms with E-state index >= 15 is 0 Å². The highest BCUT2D eigenvalue weighted by Gasteiger charge is 2.23. The maximum absolute atomic E-state index is 12.7. The number of nitrogens with zero attached hydrogens (tertiary/aromatic N) is 3. The van der Waals surface area contributed by atoms with Gasteiger partial charge in [0.1, 0.15) is 18.1 Å². The summed E-state index contributed by atoms with van der Waals surface area (Å²) in [6, 6.07) is 7.45. The summed E-state index contributed by atoms with van der Waals surface area (Å²) in [6.45, 7) is 3.84. The number of imidazole rings is 1. The predicted molar refractivity (Wildman–Crippen MR) is 93.3 cm³/mol. The van der Waals surface area contributed by atoms with E-state index in [1.165, 1.54) is 6.26 Å². The molecule has 0 N–H and O–H groups in total. The summed E-state index contributed by atoms with van der Waals surface area (Å²) in [4.78, 5) is 19.0. The van der Waals surface area contributed by atoms with Crippen molar-refractivity contribution in [3.8, 4) is 0 Å². The SMILES string of the molecule is CC1CCCN(C(=O)Cn2c(CS(C)(=O)=O)nc3ccccc32)C1. The van der Waals surface area contributed by atoms with Gasteiger partial charge in [0.05, 0.1) is 11.0 Å². The molecule has 1 atom stereocenters. The van der Waals surface area contributed by atoms with E-state index < -0.39 is 9.84 Å². The van der Waals surface area contributed by atoms with E-state index in [1.807, 2.05) is 29.2 Å². The number of hydrogen-bond acceptors (Lipinski definition) is 4. The Morgan fingerprint density at radius 1 is 1.33 bits per heavy atom. The number of piperidine rings is 1. The Hall–Kier alpha value is -1.89. The molecule has 0 spiro atoms. The third-order valence-electron chi connectivity index (χ3n) is 4.43. The van der Waals surface area contributed by atoms with Gasteiger partial charge in [0.25, 0.3) is 0 Å². The monoisotopic (exact) mass is 349 g/mol. The first-order valence-electron chi connectivity index (χ1n) is 8.23. The van der Waals surface area contributed by atoms with Gasteiger partial charge < -0.3 is 9.47 Å². The number of para-hydroxylation sites is 2. The van der Waals surface area contributed by atoms with Gasteiger partial charge in [-0.1, -0.05) is 19.1 Å². The summed E-state index contributed by atoms with van der Waals surface area (Å²) in [5.41, 5.74) is 1.52. The fourth-order valence-electron chi connectivity index (χ4n) is 3.30. The molecule has 24 heavy (non-hydrogen) atoms. The van der Waals surface area contributed by atoms with Crippen molar-refractivity contribution in [1.29, 1.82) is 0 Å². The van der Waals surface area contributed by atoms with Crippen LogP contribution in [0.5, 0.6) is 0 Å². The van der Waals surface area contributed by atoms with Crippen LogP contribution in [0.1, 0.15) is 25.6 Å². The molecule has 6 nitrogen and oxygen atoms in total. The van der Waals surface area contributed by atoms with E-state index in [2.05, 4.69) is 11.9 Å². The fourth-order valence-corrected chi connectivity index (χ4v) is 3.99. The average Bonchev–Trinajstić information content (AvgIpc) is 2.83. The average molecular weight is 349 g/mol. The number of carbonyl (C=O) groups excluding carboxylic acids is 1. The third kappa shape index (κ3) is 3.77. The molecule has 1 unspecified atom stereocenters. The Labute approximate surface area is 142 Å². The van der Waals surface area contributed by atoms with Crippen LogP contribution >= 0.6 is 0 Å². The van der Waals surface area contributed by atoms with Crippen molar-refractivity contribution < 1.29 is 13.2 Å². The quantitative estimate of drug-likeness (QED) is 0.844. The van der Waals surface area contributed by atoms with E-state index in [-0.39, 0.29) is 18.2 Å². The van der Waals surface area contributed by atoms with E-state index in [1.54, 1.807) is 4.57 Å². The first-order valence-corrected chi connectivity index (χ1v) is 10.3. The van der Waals surface area contributed by atoms with Gasteiger partial charge in [-0.15, -0.1) is 0 Å². The van der Waals surface area contributed by atoms with Crippen LogP contribution in [-0.4, -0.2) is 48.1 Å². The number of hydrogen-bond donors (Lipinski definition) is 0. The molecule has 0 aliphatic carbocycles. The molecule has 1 amide bonds. The summed E-state index contributed by atoms with van der Waals surface area (Å²) < 4.78 is 25.2. The second-order valence-corrected chi connectivity index (χ2v) is 8.90. The van der Waals surface area contributed by atoms with Crippen molar-refractivity contribution in [1.82, 2.24) is 14.5 Å². The first-order chi connectivity index (χ1) is 11.3. The number of amides is 1. The molecular formula is C17H23N3O3S. The van der Waals surface area contributed by atoms with Crippen molar-refractivity contribution in [3.05, 3.63) is 30.1 Å². The van der Waals surface area contributed by atoms with Crippen LogP contribution in [0.15, 0.2) is 24.3 Å². The fraction of sp³-hybridized carbons (Fsp3) is 0.529. The van der Waals surface area contributed by atoms with Crippen LogP contribution < -0.4 is 0 Å². The largest absolute Gasteiger partial charge is 0.341 e. The lowest BCUT2D eigenvalue weighted by Crippen LogP contribution is -2.41. The van der Waals surface area contributed by atoms with E-state index in [4.69, 9.17) is 0 Å². The van der Waals surface area contributed by atoms with Gasteiger partial charge in [0, 0.05) is 19.3 Å². The lowest BCUT2D eigenvalue weighted by Gasteiger charge is -2.31. The lowest BCUT2D eigenvalue weighted by atomic mass is 10.0. The zero-order chi connectivity index (χ0) is 17.3. The van der Waals surface area contributed by atoms with Crippen molar-refractivity contribution >= 4 is 26.8 Å². The van der Waals surface area contributed by atoms with Crippen molar-refractivity contribution in [3.63, 3.8) is 0 Å². The van der Waals surface area contributed by atoms with Gasteiger partial charge >= 0.3 is 0 Å². The second kappa shape index (κ2) is 6.55. The first kappa shape index (κ1) is 17.0. The molecule has 130 valence electrons. The van der Waals surface area contributed by atoms with Crippen LogP contribution in [0, 0.1) is 5.92 Å². The van der Waals surface area contributed by atoms with E-state index in [0.29, 0.717) is 11.7 Å². The van der Waals surface area contributed by atoms with Crippen LogP contribution in [0.25, 0.3) is 11.0 Å². The molecule has 1 saturated heterocycles. The van der Waals surface area contributed by atoms with Gasteiger partial charge in [-0.3, -0.25) is 4.79 Å². The van der Waals surface area contributed by atoms with Crippen molar-refractivity contribution in [2.24, 2.45) is 5.92 Å². The van der Waals surface area contributed by atoms with Gasteiger partial charge in [-0.25, -0.2) is 13.4 Å². The zero-order valence-corrected chi connectivity index (χ0v) is 14.9. The molecule has 0 bridgehead atoms. The molecule has 1 aromatic carbocycles. The van der Waals surface area contributed by atoms with Crippen LogP contribution in [0.3, 0.4) is 0 Å². The van der Waals surface area contributed by atoms with Gasteiger partial charge in [-0.2, -0.15) is 0 Å². The lowest BCUT2D eigenvalue weighted by molar-refractivity contribution is -0.133. The van der Waals surface area contributed by atoms with E-state index in [9.17, 15) is 13.2 Å². The predicted octanol–water partition coefficient (Wildman–Crippen LogP) is 1.84. The maximum atomic E-state index is 12.7. The number of carbonyl (C=O) groups is 1. The molecule has 7 heteroatoms. The Morgan fingerprint density at radius 2 is 2.08 bits per heavy atom. The minimum atomic E-state index is -3.22. The highest BCUT2D eigenvalue weighted by molar-refractivity contribution is 7.89. The molecule has 2 aromatic rings. The third-order valence-corrected chi connectivity index (χ3v) is 5.21. The topological polar surface area (TPSA) is 72.3 Å². The standard InChI is InChI=1S/C17H23N3O3S/c1-13-6-5-9-19(10-13)17(21)11-20-15-8-4-3-7-14(15)18-16(20)12-24(2,22)23/h3-4,7-8,13H,5-6,9-12H2,1-2H3. The smallest absolute Gasteiger partial charge is 0.242 e. The Bertz CT molecular complexity index is 857. The Morgan fingerprint density at radius 3 is 2.79 bits per heavy atom. The molecule has 1 aliphatic heterocycles. The maximum Gasteiger partial charge on any atom is 0.242 e. The van der Waals surface area contributed by atoms with E-state index in [0.717, 1.165) is 37.0 Å². The molecule has 1 aliphatic rings. The van der Waals surface area contributed by atoms with Gasteiger partial charge in [0.15, 0.2) is 9.84 Å². The highest BCUT2D eigenvalue weighted by Crippen LogP contribution is 2.20. The molecule has 0 radical (unpaired) electrons. The number of rotatable bonds is 4. The zero-order valence-electron chi connectivity index (χ0n) is 14.1. The highest BCUT2D eigenvalue weighted by atomic mass is 32.2. The number of benzene rings is 1. The minimum Gasteiger partial charge on any atom is -0.341 e. The molecule has 1 aromatic heterocycles. The van der Waals surface area contributed by atoms with Gasteiger partial charge in [-0.05, 0) is 30.9 Å². The summed E-state index contributed by atoms with van der Waals surface area (Å²) in [5, 5.41) is 0. The summed E-state index contributed by atoms with van der Waals surface area (Å²) in [5.74, 6) is 0.806. The molecular weight excluding hydrogens is 326 g/mol. The number of aromatic nitrogens is 2. The normalized spacial score (nSPS) is 18.9. The molecule has 3 rings (SSSR count). The number of likely N-dealkylation sites (tertiary alicyclic amines) is 1. The van der Waals surface area contributed by atoms with Crippen LogP contribution in [-0.2, 0) is 26.9 Å². The summed E-state index contributed by atoms with van der Waals surface area (Å²) in [6.07, 6.45) is 3.36. The van der Waals surface area contributed by atoms with Crippen LogP contribution in [0.4, 0.5) is 0 Å². The second-order valence-electron chi connectivity index (χ2n) is 6.76. The number of sulfone groups is 1. The van der Waals surface area contributed by atoms with Crippen LogP contribution in [0.2, 0.25) is 0 Å². The summed E-state index contributed by atoms with van der Waals surface area (Å²) >= 11 is 0. The minimum absolute atomic E-state index is 0.0273. The summed E-state index contributed by atoms with van der Waals surface area (Å²) in [7, 11) is -3.22.